The van der Waals surface area contributed by atoms with E-state index in [1.807, 2.05) is 30.3 Å². The molecule has 0 radical (unpaired) electrons. The van der Waals surface area contributed by atoms with Gasteiger partial charge in [0.15, 0.2) is 23.1 Å². The lowest BCUT2D eigenvalue weighted by atomic mass is 10.2. The van der Waals surface area contributed by atoms with Gasteiger partial charge in [-0.1, -0.05) is 18.2 Å². The number of hydrogen-bond donors (Lipinski definition) is 1. The van der Waals surface area contributed by atoms with Crippen LogP contribution in [0.5, 0.6) is 11.5 Å². The first-order valence-electron chi connectivity index (χ1n) is 10.2. The van der Waals surface area contributed by atoms with Gasteiger partial charge in [0.25, 0.3) is 10.0 Å². The number of sulfonamides is 1. The zero-order valence-electron chi connectivity index (χ0n) is 18.7. The number of rotatable bonds is 8. The molecule has 2 aromatic carbocycles. The van der Waals surface area contributed by atoms with E-state index in [0.717, 1.165) is 5.39 Å². The van der Waals surface area contributed by atoms with E-state index in [2.05, 4.69) is 14.8 Å². The van der Waals surface area contributed by atoms with Crippen molar-refractivity contribution in [2.75, 3.05) is 25.5 Å². The Morgan fingerprint density at radius 3 is 2.53 bits per heavy atom. The van der Waals surface area contributed by atoms with E-state index in [9.17, 15) is 13.2 Å². The molecule has 10 nitrogen and oxygen atoms in total. The van der Waals surface area contributed by atoms with Crippen LogP contribution in [0.3, 0.4) is 0 Å². The SMILES string of the molecule is CCOC(=O)c1cnn(-c2ccc3ccccc3n2)c1NS(=O)(=O)c1ccc(OC)c(OC)c1. The third-order valence-corrected chi connectivity index (χ3v) is 6.30. The summed E-state index contributed by atoms with van der Waals surface area (Å²) in [4.78, 5) is 17.0. The second-order valence-corrected chi connectivity index (χ2v) is 8.71. The number of pyridine rings is 1. The van der Waals surface area contributed by atoms with Crippen LogP contribution in [0.2, 0.25) is 0 Å². The number of esters is 1. The minimum absolute atomic E-state index is 0.0548. The summed E-state index contributed by atoms with van der Waals surface area (Å²) in [6.07, 6.45) is 1.24. The number of methoxy groups -OCH3 is 2. The predicted octanol–water partition coefficient (Wildman–Crippen LogP) is 3.42. The molecule has 0 atom stereocenters. The second kappa shape index (κ2) is 9.40. The minimum Gasteiger partial charge on any atom is -0.493 e. The molecule has 4 aromatic rings. The molecule has 4 rings (SSSR count). The highest BCUT2D eigenvalue weighted by atomic mass is 32.2. The Balaban J connectivity index is 1.82. The largest absolute Gasteiger partial charge is 0.493 e. The van der Waals surface area contributed by atoms with E-state index in [1.165, 1.54) is 43.3 Å². The van der Waals surface area contributed by atoms with Gasteiger partial charge >= 0.3 is 5.97 Å². The van der Waals surface area contributed by atoms with Crippen molar-refractivity contribution in [3.05, 3.63) is 66.4 Å². The molecule has 0 saturated carbocycles. The topological polar surface area (TPSA) is 122 Å². The highest BCUT2D eigenvalue weighted by Gasteiger charge is 2.26. The van der Waals surface area contributed by atoms with E-state index in [4.69, 9.17) is 14.2 Å². The first-order valence-corrected chi connectivity index (χ1v) is 11.7. The van der Waals surface area contributed by atoms with Crippen LogP contribution in [0, 0.1) is 0 Å². The van der Waals surface area contributed by atoms with E-state index >= 15 is 0 Å². The molecule has 2 heterocycles. The predicted molar refractivity (Wildman–Crippen MR) is 125 cm³/mol. The van der Waals surface area contributed by atoms with Crippen molar-refractivity contribution in [2.45, 2.75) is 11.8 Å². The van der Waals surface area contributed by atoms with Crippen LogP contribution >= 0.6 is 0 Å². The molecule has 0 aliphatic carbocycles. The average molecular weight is 483 g/mol. The van der Waals surface area contributed by atoms with Gasteiger partial charge in [0.2, 0.25) is 0 Å². The molecule has 0 fully saturated rings. The van der Waals surface area contributed by atoms with Crippen LogP contribution in [0.1, 0.15) is 17.3 Å². The highest BCUT2D eigenvalue weighted by molar-refractivity contribution is 7.92. The Kier molecular flexibility index (Phi) is 6.37. The summed E-state index contributed by atoms with van der Waals surface area (Å²) in [5, 5.41) is 5.12. The van der Waals surface area contributed by atoms with E-state index in [0.29, 0.717) is 17.1 Å². The average Bonchev–Trinajstić information content (AvgIpc) is 3.26. The smallest absolute Gasteiger partial charge is 0.343 e. The fraction of sp³-hybridized carbons (Fsp3) is 0.174. The molecular weight excluding hydrogens is 460 g/mol. The van der Waals surface area contributed by atoms with Gasteiger partial charge in [-0.05, 0) is 37.3 Å². The van der Waals surface area contributed by atoms with Crippen molar-refractivity contribution in [1.82, 2.24) is 14.8 Å². The molecular formula is C23H22N4O6S. The summed E-state index contributed by atoms with van der Waals surface area (Å²) in [5.41, 5.74) is 0.628. The number of ether oxygens (including phenoxy) is 3. The van der Waals surface area contributed by atoms with Gasteiger partial charge in [0, 0.05) is 11.5 Å². The molecule has 0 spiro atoms. The lowest BCUT2D eigenvalue weighted by Gasteiger charge is -2.14. The van der Waals surface area contributed by atoms with Crippen molar-refractivity contribution in [3.63, 3.8) is 0 Å². The summed E-state index contributed by atoms with van der Waals surface area (Å²) < 4.78 is 45.7. The fourth-order valence-corrected chi connectivity index (χ4v) is 4.40. The monoisotopic (exact) mass is 482 g/mol. The van der Waals surface area contributed by atoms with Crippen molar-refractivity contribution in [1.29, 1.82) is 0 Å². The summed E-state index contributed by atoms with van der Waals surface area (Å²) in [7, 11) is -1.31. The van der Waals surface area contributed by atoms with Crippen LogP contribution in [0.15, 0.2) is 65.7 Å². The van der Waals surface area contributed by atoms with E-state index in [1.54, 1.807) is 13.0 Å². The van der Waals surface area contributed by atoms with Gasteiger partial charge in [-0.2, -0.15) is 9.78 Å². The van der Waals surface area contributed by atoms with Crippen molar-refractivity contribution >= 4 is 32.7 Å². The molecule has 0 unspecified atom stereocenters. The molecule has 176 valence electrons. The molecule has 11 heteroatoms. The maximum absolute atomic E-state index is 13.3. The molecule has 0 aliphatic heterocycles. The Hall–Kier alpha value is -4.12. The van der Waals surface area contributed by atoms with Gasteiger partial charge in [-0.15, -0.1) is 0 Å². The Labute approximate surface area is 196 Å². The molecule has 1 N–H and O–H groups in total. The molecule has 0 aliphatic rings. The lowest BCUT2D eigenvalue weighted by molar-refractivity contribution is 0.0527. The molecule has 0 amide bonds. The molecule has 0 bridgehead atoms. The maximum atomic E-state index is 13.3. The molecule has 34 heavy (non-hydrogen) atoms. The number of carbonyl (C=O) groups is 1. The first-order chi connectivity index (χ1) is 16.4. The van der Waals surface area contributed by atoms with E-state index < -0.39 is 16.0 Å². The highest BCUT2D eigenvalue weighted by Crippen LogP contribution is 2.31. The van der Waals surface area contributed by atoms with Gasteiger partial charge in [0.05, 0.1) is 37.4 Å². The number of anilines is 1. The second-order valence-electron chi connectivity index (χ2n) is 7.02. The van der Waals surface area contributed by atoms with Crippen LogP contribution in [0.25, 0.3) is 16.7 Å². The van der Waals surface area contributed by atoms with E-state index in [-0.39, 0.29) is 28.6 Å². The number of fused-ring (bicyclic) bond motifs is 1. The quantitative estimate of drug-likeness (QED) is 0.379. The maximum Gasteiger partial charge on any atom is 0.343 e. The summed E-state index contributed by atoms with van der Waals surface area (Å²) in [6.45, 7) is 1.76. The Morgan fingerprint density at radius 2 is 1.79 bits per heavy atom. The molecule has 0 saturated heterocycles. The standard InChI is InChI=1S/C23H22N4O6S/c1-4-33-23(28)17-14-24-27(21-12-9-15-7-5-6-8-18(15)25-21)22(17)26-34(29,30)16-10-11-19(31-2)20(13-16)32-3/h5-14,26H,4H2,1-3H3. The Bertz CT molecular complexity index is 1470. The van der Waals surface area contributed by atoms with Crippen molar-refractivity contribution in [2.24, 2.45) is 0 Å². The number of para-hydroxylation sites is 1. The normalized spacial score (nSPS) is 11.3. The first kappa shape index (κ1) is 23.1. The number of nitrogens with zero attached hydrogens (tertiary/aromatic N) is 3. The van der Waals surface area contributed by atoms with Gasteiger partial charge in [0.1, 0.15) is 5.56 Å². The van der Waals surface area contributed by atoms with Gasteiger partial charge < -0.3 is 14.2 Å². The minimum atomic E-state index is -4.17. The Morgan fingerprint density at radius 1 is 1.03 bits per heavy atom. The van der Waals surface area contributed by atoms with Crippen LogP contribution < -0.4 is 14.2 Å². The summed E-state index contributed by atoms with van der Waals surface area (Å²) >= 11 is 0. The third kappa shape index (κ3) is 4.37. The number of nitrogens with one attached hydrogen (secondary N) is 1. The van der Waals surface area contributed by atoms with Gasteiger partial charge in [-0.25, -0.2) is 18.2 Å². The number of hydrogen-bond acceptors (Lipinski definition) is 8. The number of aromatic nitrogens is 3. The number of carbonyl (C=O) groups excluding carboxylic acids is 1. The van der Waals surface area contributed by atoms with Crippen molar-refractivity contribution < 1.29 is 27.4 Å². The molecule has 2 aromatic heterocycles. The lowest BCUT2D eigenvalue weighted by Crippen LogP contribution is -2.19. The van der Waals surface area contributed by atoms with Crippen LogP contribution in [-0.4, -0.2) is 50.0 Å². The summed E-state index contributed by atoms with van der Waals surface area (Å²) in [5.74, 6) is 0.106. The van der Waals surface area contributed by atoms with Crippen molar-refractivity contribution in [3.8, 4) is 17.3 Å². The third-order valence-electron chi connectivity index (χ3n) is 4.96. The zero-order valence-corrected chi connectivity index (χ0v) is 19.5. The zero-order chi connectivity index (χ0) is 24.3. The number of benzene rings is 2. The fourth-order valence-electron chi connectivity index (χ4n) is 3.32. The van der Waals surface area contributed by atoms with Gasteiger partial charge in [-0.3, -0.25) is 4.72 Å². The summed E-state index contributed by atoms with van der Waals surface area (Å²) in [6, 6.07) is 15.1. The van der Waals surface area contributed by atoms with Crippen LogP contribution in [-0.2, 0) is 14.8 Å². The van der Waals surface area contributed by atoms with Crippen LogP contribution in [0.4, 0.5) is 5.82 Å².